The summed E-state index contributed by atoms with van der Waals surface area (Å²) < 4.78 is 67.3. The molecule has 2 aromatic carbocycles. The maximum absolute atomic E-state index is 15.0. The summed E-state index contributed by atoms with van der Waals surface area (Å²) in [4.78, 5) is 3.26. The minimum absolute atomic E-state index is 0.0292. The molecule has 0 radical (unpaired) electrons. The number of benzene rings is 2. The van der Waals surface area contributed by atoms with E-state index in [1.807, 2.05) is 0 Å². The number of ether oxygens (including phenoxy) is 2. The first kappa shape index (κ1) is 26.1. The number of thiazole rings is 1. The molecule has 1 aromatic heterocycles. The lowest BCUT2D eigenvalue weighted by atomic mass is 9.80. The fourth-order valence-electron chi connectivity index (χ4n) is 4.46. The van der Waals surface area contributed by atoms with E-state index >= 15 is 0 Å². The molecule has 2 N–H and O–H groups in total. The molecular formula is C25H24ClF2N3O4S2. The van der Waals surface area contributed by atoms with Crippen molar-refractivity contribution in [3.05, 3.63) is 75.6 Å². The van der Waals surface area contributed by atoms with Gasteiger partial charge in [0, 0.05) is 23.4 Å². The third kappa shape index (κ3) is 5.96. The van der Waals surface area contributed by atoms with Crippen molar-refractivity contribution >= 4 is 44.4 Å². The number of aromatic nitrogens is 1. The van der Waals surface area contributed by atoms with Crippen LogP contribution >= 0.6 is 22.9 Å². The molecule has 5 rings (SSSR count). The Labute approximate surface area is 222 Å². The average Bonchev–Trinajstić information content (AvgIpc) is 3.34. The Morgan fingerprint density at radius 3 is 2.65 bits per heavy atom. The zero-order valence-electron chi connectivity index (χ0n) is 19.5. The summed E-state index contributed by atoms with van der Waals surface area (Å²) in [5.74, 6) is -1.35. The molecular weight excluding hydrogens is 544 g/mol. The standard InChI is InChI=1S/C25H24ClF2N3O4S2/c26-20-8-24(37(32,33)31-25-13-36-14-29-25)21(28)9-23(20)35-12-19-18(15-4-6-16(27)7-5-15)2-1-3-22(19)30-17-10-34-11-17/h2,4-9,13-14,17,19,22,30-31H,1,3,10-12H2. The molecule has 196 valence electrons. The molecule has 12 heteroatoms. The highest BCUT2D eigenvalue weighted by Gasteiger charge is 2.33. The number of rotatable bonds is 9. The van der Waals surface area contributed by atoms with Gasteiger partial charge < -0.3 is 14.8 Å². The second-order valence-corrected chi connectivity index (χ2v) is 11.6. The van der Waals surface area contributed by atoms with Gasteiger partial charge in [0.25, 0.3) is 10.0 Å². The number of sulfonamides is 1. The normalized spacial score (nSPS) is 20.2. The third-order valence-electron chi connectivity index (χ3n) is 6.36. The van der Waals surface area contributed by atoms with Crippen LogP contribution in [0.15, 0.2) is 58.3 Å². The molecule has 2 unspecified atom stereocenters. The number of nitrogens with one attached hydrogen (secondary N) is 2. The Morgan fingerprint density at radius 1 is 1.19 bits per heavy atom. The lowest BCUT2D eigenvalue weighted by molar-refractivity contribution is -0.0136. The number of allylic oxidation sites excluding steroid dienone is 1. The molecule has 0 spiro atoms. The average molecular weight is 568 g/mol. The van der Waals surface area contributed by atoms with Gasteiger partial charge in [0.2, 0.25) is 0 Å². The monoisotopic (exact) mass is 567 g/mol. The van der Waals surface area contributed by atoms with E-state index in [2.05, 4.69) is 21.1 Å². The molecule has 1 fully saturated rings. The minimum atomic E-state index is -4.24. The Morgan fingerprint density at radius 2 is 1.97 bits per heavy atom. The summed E-state index contributed by atoms with van der Waals surface area (Å²) in [6, 6.07) is 8.56. The Balaban J connectivity index is 1.37. The van der Waals surface area contributed by atoms with Crippen LogP contribution in [0.1, 0.15) is 18.4 Å². The molecule has 0 bridgehead atoms. The number of hydrogen-bond acceptors (Lipinski definition) is 7. The first-order valence-electron chi connectivity index (χ1n) is 11.6. The van der Waals surface area contributed by atoms with E-state index in [0.717, 1.165) is 36.1 Å². The fraction of sp³-hybridized carbons (Fsp3) is 0.320. The van der Waals surface area contributed by atoms with E-state index in [1.54, 1.807) is 12.1 Å². The largest absolute Gasteiger partial charge is 0.491 e. The zero-order valence-corrected chi connectivity index (χ0v) is 21.9. The van der Waals surface area contributed by atoms with Gasteiger partial charge in [-0.25, -0.2) is 22.2 Å². The second kappa shape index (κ2) is 11.0. The molecule has 1 saturated heterocycles. The molecule has 3 aromatic rings. The van der Waals surface area contributed by atoms with E-state index in [-0.39, 0.29) is 47.0 Å². The van der Waals surface area contributed by atoms with Gasteiger partial charge in [0.05, 0.1) is 36.4 Å². The van der Waals surface area contributed by atoms with Gasteiger partial charge >= 0.3 is 0 Å². The molecule has 2 heterocycles. The van der Waals surface area contributed by atoms with Crippen molar-refractivity contribution in [3.8, 4) is 5.75 Å². The van der Waals surface area contributed by atoms with Gasteiger partial charge in [-0.15, -0.1) is 11.3 Å². The summed E-state index contributed by atoms with van der Waals surface area (Å²) in [5, 5.41) is 5.06. The third-order valence-corrected chi connectivity index (χ3v) is 8.61. The summed E-state index contributed by atoms with van der Waals surface area (Å²) in [6.45, 7) is 1.40. The molecule has 2 aliphatic rings. The maximum Gasteiger partial charge on any atom is 0.266 e. The van der Waals surface area contributed by atoms with E-state index in [4.69, 9.17) is 21.1 Å². The number of halogens is 3. The quantitative estimate of drug-likeness (QED) is 0.374. The maximum atomic E-state index is 15.0. The molecule has 37 heavy (non-hydrogen) atoms. The number of nitrogens with zero attached hydrogens (tertiary/aromatic N) is 1. The van der Waals surface area contributed by atoms with Crippen LogP contribution < -0.4 is 14.8 Å². The van der Waals surface area contributed by atoms with Gasteiger partial charge in [0.15, 0.2) is 5.82 Å². The van der Waals surface area contributed by atoms with Crippen LogP contribution in [0.5, 0.6) is 5.75 Å². The van der Waals surface area contributed by atoms with E-state index in [0.29, 0.717) is 13.2 Å². The van der Waals surface area contributed by atoms with Crippen molar-refractivity contribution in [3.63, 3.8) is 0 Å². The van der Waals surface area contributed by atoms with Crippen molar-refractivity contribution in [2.75, 3.05) is 24.5 Å². The highest BCUT2D eigenvalue weighted by molar-refractivity contribution is 7.92. The van der Waals surface area contributed by atoms with Crippen molar-refractivity contribution < 1.29 is 26.7 Å². The van der Waals surface area contributed by atoms with Crippen molar-refractivity contribution in [2.24, 2.45) is 5.92 Å². The van der Waals surface area contributed by atoms with Crippen LogP contribution in [0.3, 0.4) is 0 Å². The van der Waals surface area contributed by atoms with Gasteiger partial charge in [-0.1, -0.05) is 29.8 Å². The fourth-order valence-corrected chi connectivity index (χ4v) is 6.39. The SMILES string of the molecule is O=S(=O)(Nc1cscn1)c1cc(Cl)c(OCC2C(c3ccc(F)cc3)=CCCC2NC2COC2)cc1F. The van der Waals surface area contributed by atoms with Crippen LogP contribution in [0.25, 0.3) is 5.57 Å². The van der Waals surface area contributed by atoms with Crippen molar-refractivity contribution in [1.82, 2.24) is 10.3 Å². The van der Waals surface area contributed by atoms with E-state index in [9.17, 15) is 17.2 Å². The molecule has 0 saturated carbocycles. The van der Waals surface area contributed by atoms with Crippen LogP contribution in [-0.2, 0) is 14.8 Å². The first-order chi connectivity index (χ1) is 17.8. The molecule has 1 aliphatic carbocycles. The van der Waals surface area contributed by atoms with Gasteiger partial charge in [0.1, 0.15) is 22.3 Å². The Bertz CT molecular complexity index is 1380. The van der Waals surface area contributed by atoms with Crippen molar-refractivity contribution in [2.45, 2.75) is 29.8 Å². The molecule has 7 nitrogen and oxygen atoms in total. The number of hydrogen-bond donors (Lipinski definition) is 2. The second-order valence-electron chi connectivity index (χ2n) is 8.86. The summed E-state index contributed by atoms with van der Waals surface area (Å²) in [5.41, 5.74) is 3.32. The summed E-state index contributed by atoms with van der Waals surface area (Å²) in [6.07, 6.45) is 3.80. The molecule has 2 atom stereocenters. The van der Waals surface area contributed by atoms with Crippen LogP contribution in [0, 0.1) is 17.6 Å². The van der Waals surface area contributed by atoms with Crippen LogP contribution in [0.2, 0.25) is 5.02 Å². The molecule has 1 aliphatic heterocycles. The minimum Gasteiger partial charge on any atom is -0.491 e. The smallest absolute Gasteiger partial charge is 0.266 e. The molecule has 0 amide bonds. The lowest BCUT2D eigenvalue weighted by Crippen LogP contribution is -2.54. The first-order valence-corrected chi connectivity index (χ1v) is 14.4. The predicted molar refractivity (Wildman–Crippen MR) is 138 cm³/mol. The highest BCUT2D eigenvalue weighted by Crippen LogP contribution is 2.36. The van der Waals surface area contributed by atoms with E-state index < -0.39 is 20.7 Å². The van der Waals surface area contributed by atoms with Crippen LogP contribution in [0.4, 0.5) is 14.6 Å². The predicted octanol–water partition coefficient (Wildman–Crippen LogP) is 5.10. The topological polar surface area (TPSA) is 89.6 Å². The summed E-state index contributed by atoms with van der Waals surface area (Å²) >= 11 is 7.54. The van der Waals surface area contributed by atoms with Gasteiger partial charge in [-0.2, -0.15) is 0 Å². The summed E-state index contributed by atoms with van der Waals surface area (Å²) in [7, 11) is -4.24. The zero-order chi connectivity index (χ0) is 26.0. The number of anilines is 1. The van der Waals surface area contributed by atoms with E-state index in [1.165, 1.54) is 34.4 Å². The Kier molecular flexibility index (Phi) is 7.77. The van der Waals surface area contributed by atoms with Gasteiger partial charge in [-0.3, -0.25) is 4.72 Å². The Hall–Kier alpha value is -2.57. The van der Waals surface area contributed by atoms with Gasteiger partial charge in [-0.05, 0) is 42.2 Å². The lowest BCUT2D eigenvalue weighted by Gasteiger charge is -2.38. The highest BCUT2D eigenvalue weighted by atomic mass is 35.5. The van der Waals surface area contributed by atoms with Crippen molar-refractivity contribution in [1.29, 1.82) is 0 Å². The van der Waals surface area contributed by atoms with Crippen LogP contribution in [-0.4, -0.2) is 45.3 Å².